The number of aliphatic hydroxyl groups is 1. The van der Waals surface area contributed by atoms with Crippen LogP contribution in [0.25, 0.3) is 0 Å². The van der Waals surface area contributed by atoms with Gasteiger partial charge in [-0.1, -0.05) is 109 Å². The van der Waals surface area contributed by atoms with E-state index in [0.29, 0.717) is 17.0 Å². The van der Waals surface area contributed by atoms with Crippen molar-refractivity contribution in [2.24, 2.45) is 23.5 Å². The average molecular weight is 948 g/mol. The Kier molecular flexibility index (Phi) is 20.6. The number of hydrogen-bond donors (Lipinski definition) is 9. The van der Waals surface area contributed by atoms with Gasteiger partial charge in [0.15, 0.2) is 7.14 Å². The summed E-state index contributed by atoms with van der Waals surface area (Å²) in [5, 5.41) is 36.6. The first kappa shape index (κ1) is 55.1. The topological polar surface area (TPSA) is 292 Å². The summed E-state index contributed by atoms with van der Waals surface area (Å²) in [4.78, 5) is 106. The second-order valence-electron chi connectivity index (χ2n) is 17.5. The zero-order chi connectivity index (χ0) is 50.3. The van der Waals surface area contributed by atoms with Crippen molar-refractivity contribution in [2.45, 2.75) is 118 Å². The third kappa shape index (κ3) is 14.9. The molecule has 5 amide bonds. The molecule has 0 unspecified atom stereocenters. The van der Waals surface area contributed by atoms with Crippen molar-refractivity contribution in [1.82, 2.24) is 26.6 Å². The molecule has 0 heterocycles. The highest BCUT2D eigenvalue weighted by atomic mass is 31.2. The Labute approximate surface area is 391 Å². The van der Waals surface area contributed by atoms with E-state index in [1.165, 1.54) is 39.0 Å². The number of hydrogen-bond acceptors (Lipinski definition) is 12. The van der Waals surface area contributed by atoms with Crippen molar-refractivity contribution in [3.05, 3.63) is 84.4 Å². The highest BCUT2D eigenvalue weighted by Gasteiger charge is 2.37. The van der Waals surface area contributed by atoms with Crippen LogP contribution in [0.15, 0.2) is 78.9 Å². The molecule has 0 saturated carbocycles. The smallest absolute Gasteiger partial charge is 0.326 e. The van der Waals surface area contributed by atoms with Crippen molar-refractivity contribution in [3.63, 3.8) is 0 Å². The van der Waals surface area contributed by atoms with Gasteiger partial charge in [-0.3, -0.25) is 33.6 Å². The van der Waals surface area contributed by atoms with Gasteiger partial charge in [0.1, 0.15) is 24.2 Å². The SMILES string of the molecule is CC[C@H](C)[C@H](NC(=O)c1ccc(NCC(=O)C(=O)[C@H](C)NC(=O)[C@H](C)N)c(P(=O)(c2ccccc2)c2ccccc2)c1)C(=O)N[C@@H](CC(C)C)C(=O)N[C@H](C(=O)N[C@H](C(=O)O)C(C)C)[C@@H](C)O. The van der Waals surface area contributed by atoms with Gasteiger partial charge in [0.05, 0.1) is 24.7 Å². The first-order valence-electron chi connectivity index (χ1n) is 22.3. The van der Waals surface area contributed by atoms with Gasteiger partial charge in [-0.05, 0) is 63.1 Å². The summed E-state index contributed by atoms with van der Waals surface area (Å²) in [6, 6.07) is 13.8. The Hall–Kier alpha value is -6.23. The van der Waals surface area contributed by atoms with Crippen LogP contribution >= 0.6 is 7.14 Å². The van der Waals surface area contributed by atoms with E-state index in [1.807, 2.05) is 0 Å². The van der Waals surface area contributed by atoms with Gasteiger partial charge in [0.25, 0.3) is 5.91 Å². The summed E-state index contributed by atoms with van der Waals surface area (Å²) in [6.45, 7) is 13.8. The first-order chi connectivity index (χ1) is 31.4. The van der Waals surface area contributed by atoms with E-state index in [2.05, 4.69) is 31.9 Å². The average Bonchev–Trinajstić information content (AvgIpc) is 3.29. The Bertz CT molecular complexity index is 2250. The lowest BCUT2D eigenvalue weighted by molar-refractivity contribution is -0.144. The summed E-state index contributed by atoms with van der Waals surface area (Å²) in [5.41, 5.74) is 5.74. The lowest BCUT2D eigenvalue weighted by Crippen LogP contribution is -2.61. The molecule has 0 spiro atoms. The number of carbonyl (C=O) groups excluding carboxylic acids is 7. The minimum absolute atomic E-state index is 0.0216. The van der Waals surface area contributed by atoms with E-state index in [-0.39, 0.29) is 28.9 Å². The molecule has 0 saturated heterocycles. The van der Waals surface area contributed by atoms with Gasteiger partial charge >= 0.3 is 5.97 Å². The molecule has 3 aromatic carbocycles. The standard InChI is InChI=1S/C48H66N7O11P/c1-10-28(6)40(46(62)52-36(23-26(2)3)45(61)55-41(31(9)56)47(63)53-39(27(4)5)48(64)65)54-44(60)32-21-22-35(50-25-37(57)42(58)30(8)51-43(59)29(7)49)38(24-32)67(66,33-17-13-11-14-18-33)34-19-15-12-16-20-34/h11-22,24,26-31,36,39-41,50,56H,10,23,25,49H2,1-9H3,(H,51,59)(H,52,62)(H,53,63)(H,54,60)(H,55,61)(H,64,65)/t28-,29-,30-,31+,36-,39-,40-,41-/m0/s1. The van der Waals surface area contributed by atoms with Gasteiger partial charge in [-0.2, -0.15) is 0 Å². The van der Waals surface area contributed by atoms with Crippen LogP contribution in [0, 0.1) is 17.8 Å². The number of aliphatic carboxylic acids is 1. The monoisotopic (exact) mass is 947 g/mol. The third-order valence-electron chi connectivity index (χ3n) is 11.1. The molecule has 0 fully saturated rings. The molecule has 0 aliphatic rings. The number of amides is 5. The second-order valence-corrected chi connectivity index (χ2v) is 20.2. The molecule has 19 heteroatoms. The van der Waals surface area contributed by atoms with Crippen LogP contribution in [0.4, 0.5) is 5.69 Å². The number of nitrogens with one attached hydrogen (secondary N) is 6. The van der Waals surface area contributed by atoms with Gasteiger partial charge in [0, 0.05) is 27.2 Å². The van der Waals surface area contributed by atoms with E-state index in [9.17, 15) is 48.6 Å². The maximum absolute atomic E-state index is 15.8. The van der Waals surface area contributed by atoms with Gasteiger partial charge in [-0.15, -0.1) is 0 Å². The predicted octanol–water partition coefficient (Wildman–Crippen LogP) is 1.49. The number of carbonyl (C=O) groups is 8. The van der Waals surface area contributed by atoms with Crippen LogP contribution in [0.2, 0.25) is 0 Å². The van der Waals surface area contributed by atoms with E-state index in [4.69, 9.17) is 5.73 Å². The second kappa shape index (κ2) is 25.1. The predicted molar refractivity (Wildman–Crippen MR) is 256 cm³/mol. The van der Waals surface area contributed by atoms with Crippen molar-refractivity contribution in [1.29, 1.82) is 0 Å². The van der Waals surface area contributed by atoms with Crippen molar-refractivity contribution < 1.29 is 53.1 Å². The summed E-state index contributed by atoms with van der Waals surface area (Å²) in [7, 11) is -3.89. The van der Waals surface area contributed by atoms with Crippen LogP contribution in [0.1, 0.15) is 85.5 Å². The van der Waals surface area contributed by atoms with Crippen LogP contribution in [0.5, 0.6) is 0 Å². The van der Waals surface area contributed by atoms with E-state index >= 15 is 4.57 Å². The first-order valence-corrected chi connectivity index (χ1v) is 24.0. The summed E-state index contributed by atoms with van der Waals surface area (Å²) in [6.07, 6.45) is -0.974. The van der Waals surface area contributed by atoms with Crippen LogP contribution in [-0.2, 0) is 38.1 Å². The Balaban J connectivity index is 2.04. The summed E-state index contributed by atoms with van der Waals surface area (Å²) >= 11 is 0. The zero-order valence-electron chi connectivity index (χ0n) is 39.5. The van der Waals surface area contributed by atoms with E-state index in [0.717, 1.165) is 0 Å². The molecule has 3 rings (SSSR count). The number of anilines is 1. The molecule has 0 aliphatic heterocycles. The van der Waals surface area contributed by atoms with Crippen molar-refractivity contribution in [3.8, 4) is 0 Å². The van der Waals surface area contributed by atoms with Crippen LogP contribution in [0.3, 0.4) is 0 Å². The fourth-order valence-corrected chi connectivity index (χ4v) is 9.86. The molecule has 3 aromatic rings. The molecular formula is C48H66N7O11P. The molecule has 10 N–H and O–H groups in total. The zero-order valence-corrected chi connectivity index (χ0v) is 40.4. The Morgan fingerprint density at radius 1 is 0.657 bits per heavy atom. The fourth-order valence-electron chi connectivity index (χ4n) is 7.01. The maximum Gasteiger partial charge on any atom is 0.326 e. The lowest BCUT2D eigenvalue weighted by Gasteiger charge is -2.29. The van der Waals surface area contributed by atoms with Crippen molar-refractivity contribution >= 4 is 75.8 Å². The van der Waals surface area contributed by atoms with Crippen LogP contribution < -0.4 is 53.5 Å². The third-order valence-corrected chi connectivity index (χ3v) is 14.2. The van der Waals surface area contributed by atoms with Crippen molar-refractivity contribution in [2.75, 3.05) is 11.9 Å². The number of nitrogens with two attached hydrogens (primary N) is 1. The maximum atomic E-state index is 15.8. The molecule has 8 atom stereocenters. The number of carboxylic acids is 1. The fraction of sp³-hybridized carbons (Fsp3) is 0.458. The number of Topliss-reactive ketones (excluding diaryl/α,β-unsaturated/α-hetero) is 2. The molecule has 364 valence electrons. The normalized spacial score (nSPS) is 15.1. The minimum atomic E-state index is -3.89. The van der Waals surface area contributed by atoms with Gasteiger partial charge in [-0.25, -0.2) is 4.79 Å². The molecule has 0 aliphatic carbocycles. The molecule has 67 heavy (non-hydrogen) atoms. The Morgan fingerprint density at radius 2 is 1.19 bits per heavy atom. The molecular weight excluding hydrogens is 882 g/mol. The summed E-state index contributed by atoms with van der Waals surface area (Å²) in [5.74, 6) is -8.17. The molecule has 0 radical (unpaired) electrons. The highest BCUT2D eigenvalue weighted by molar-refractivity contribution is 7.85. The quantitative estimate of drug-likeness (QED) is 0.0431. The largest absolute Gasteiger partial charge is 0.480 e. The molecule has 0 bridgehead atoms. The number of benzene rings is 3. The van der Waals surface area contributed by atoms with Crippen LogP contribution in [-0.4, -0.2) is 106 Å². The van der Waals surface area contributed by atoms with E-state index < -0.39 is 115 Å². The lowest BCUT2D eigenvalue weighted by atomic mass is 9.96. The Morgan fingerprint density at radius 3 is 1.67 bits per heavy atom. The minimum Gasteiger partial charge on any atom is -0.480 e. The van der Waals surface area contributed by atoms with E-state index in [1.54, 1.807) is 102 Å². The molecule has 0 aromatic heterocycles. The summed E-state index contributed by atoms with van der Waals surface area (Å²) < 4.78 is 15.8. The number of aliphatic hydroxyl groups excluding tert-OH is 1. The molecule has 18 nitrogen and oxygen atoms in total. The van der Waals surface area contributed by atoms with Gasteiger partial charge < -0.3 is 52.4 Å². The number of rotatable bonds is 25. The number of carboxylic acid groups (broad SMARTS) is 1. The number of ketones is 2. The highest BCUT2D eigenvalue weighted by Crippen LogP contribution is 2.44. The van der Waals surface area contributed by atoms with Gasteiger partial charge in [0.2, 0.25) is 35.2 Å².